The molecule has 0 fully saturated rings. The SMILES string of the molecule is CC(C)n1cc(-c2ccnc(CS(=O)O)n2)c(-c2ccc(Cl)s2)n1. The van der Waals surface area contributed by atoms with Crippen LogP contribution in [0.2, 0.25) is 4.34 Å². The minimum atomic E-state index is -1.98. The molecule has 0 aliphatic carbocycles. The van der Waals surface area contributed by atoms with E-state index in [1.54, 1.807) is 12.3 Å². The van der Waals surface area contributed by atoms with Crippen LogP contribution in [-0.2, 0) is 16.8 Å². The maximum atomic E-state index is 11.0. The zero-order chi connectivity index (χ0) is 17.3. The molecule has 9 heteroatoms. The van der Waals surface area contributed by atoms with Gasteiger partial charge in [0.05, 0.1) is 14.9 Å². The average Bonchev–Trinajstić information content (AvgIpc) is 3.13. The molecule has 3 rings (SSSR count). The van der Waals surface area contributed by atoms with Crippen LogP contribution < -0.4 is 0 Å². The van der Waals surface area contributed by atoms with Crippen molar-refractivity contribution >= 4 is 34.0 Å². The Balaban J connectivity index is 2.11. The average molecular weight is 383 g/mol. The van der Waals surface area contributed by atoms with E-state index in [0.29, 0.717) is 15.9 Å². The number of hydrogen-bond acceptors (Lipinski definition) is 5. The number of halogens is 1. The first-order valence-electron chi connectivity index (χ1n) is 7.18. The molecular formula is C15H15ClN4O2S2. The molecule has 0 aliphatic rings. The molecule has 1 unspecified atom stereocenters. The van der Waals surface area contributed by atoms with Crippen LogP contribution in [0.15, 0.2) is 30.6 Å². The van der Waals surface area contributed by atoms with Crippen molar-refractivity contribution in [1.82, 2.24) is 19.7 Å². The van der Waals surface area contributed by atoms with E-state index in [1.807, 2.05) is 36.9 Å². The van der Waals surface area contributed by atoms with Gasteiger partial charge in [-0.25, -0.2) is 14.2 Å². The standard InChI is InChI=1S/C15H15ClN4O2S2/c1-9(2)20-7-10(15(19-20)12-3-4-13(16)23-12)11-5-6-17-14(18-11)8-24(21)22/h3-7,9H,8H2,1-2H3,(H,21,22). The molecule has 3 heterocycles. The molecule has 6 nitrogen and oxygen atoms in total. The van der Waals surface area contributed by atoms with E-state index in [9.17, 15) is 4.21 Å². The molecule has 1 N–H and O–H groups in total. The minimum absolute atomic E-state index is 0.105. The molecule has 1 atom stereocenters. The van der Waals surface area contributed by atoms with Gasteiger partial charge in [-0.1, -0.05) is 11.6 Å². The van der Waals surface area contributed by atoms with E-state index in [1.165, 1.54) is 11.3 Å². The molecule has 0 amide bonds. The first kappa shape index (κ1) is 17.2. The lowest BCUT2D eigenvalue weighted by Gasteiger charge is -2.03. The van der Waals surface area contributed by atoms with Crippen molar-refractivity contribution in [2.24, 2.45) is 0 Å². The van der Waals surface area contributed by atoms with Crippen LogP contribution in [0.3, 0.4) is 0 Å². The largest absolute Gasteiger partial charge is 0.306 e. The van der Waals surface area contributed by atoms with Gasteiger partial charge in [-0.15, -0.1) is 11.3 Å². The van der Waals surface area contributed by atoms with Crippen LogP contribution in [0.4, 0.5) is 0 Å². The Morgan fingerprint density at radius 2 is 2.17 bits per heavy atom. The first-order valence-corrected chi connectivity index (χ1v) is 9.65. The number of nitrogens with zero attached hydrogens (tertiary/aromatic N) is 4. The second-order valence-electron chi connectivity index (χ2n) is 5.39. The molecule has 0 saturated carbocycles. The summed E-state index contributed by atoms with van der Waals surface area (Å²) in [6.45, 7) is 4.09. The van der Waals surface area contributed by atoms with Gasteiger partial charge in [0.15, 0.2) is 11.1 Å². The Kier molecular flexibility index (Phi) is 5.09. The Morgan fingerprint density at radius 3 is 2.79 bits per heavy atom. The zero-order valence-corrected chi connectivity index (χ0v) is 15.4. The molecule has 0 aliphatic heterocycles. The van der Waals surface area contributed by atoms with Gasteiger partial charge in [0, 0.05) is 24.0 Å². The molecule has 0 spiro atoms. The van der Waals surface area contributed by atoms with Gasteiger partial charge in [-0.2, -0.15) is 5.10 Å². The van der Waals surface area contributed by atoms with Gasteiger partial charge < -0.3 is 4.55 Å². The van der Waals surface area contributed by atoms with Gasteiger partial charge >= 0.3 is 0 Å². The van der Waals surface area contributed by atoms with Gasteiger partial charge in [0.2, 0.25) is 0 Å². The zero-order valence-electron chi connectivity index (χ0n) is 13.0. The highest BCUT2D eigenvalue weighted by molar-refractivity contribution is 7.78. The maximum Gasteiger partial charge on any atom is 0.160 e. The van der Waals surface area contributed by atoms with Crippen molar-refractivity contribution in [3.63, 3.8) is 0 Å². The van der Waals surface area contributed by atoms with Gasteiger partial charge in [0.1, 0.15) is 17.3 Å². The summed E-state index contributed by atoms with van der Waals surface area (Å²) >= 11 is 5.52. The lowest BCUT2D eigenvalue weighted by atomic mass is 10.1. The van der Waals surface area contributed by atoms with Crippen molar-refractivity contribution < 1.29 is 8.76 Å². The fourth-order valence-electron chi connectivity index (χ4n) is 2.20. The van der Waals surface area contributed by atoms with Gasteiger partial charge in [0.25, 0.3) is 0 Å². The summed E-state index contributed by atoms with van der Waals surface area (Å²) in [7, 11) is 0. The van der Waals surface area contributed by atoms with Crippen LogP contribution in [0.25, 0.3) is 21.8 Å². The van der Waals surface area contributed by atoms with Crippen molar-refractivity contribution in [2.45, 2.75) is 25.6 Å². The van der Waals surface area contributed by atoms with Crippen molar-refractivity contribution in [3.8, 4) is 21.8 Å². The number of thiophene rings is 1. The summed E-state index contributed by atoms with van der Waals surface area (Å²) in [5.41, 5.74) is 2.29. The third-order valence-electron chi connectivity index (χ3n) is 3.30. The monoisotopic (exact) mass is 382 g/mol. The predicted molar refractivity (Wildman–Crippen MR) is 96.4 cm³/mol. The normalized spacial score (nSPS) is 12.7. The summed E-state index contributed by atoms with van der Waals surface area (Å²) in [6.07, 6.45) is 3.51. The summed E-state index contributed by atoms with van der Waals surface area (Å²) < 4.78 is 22.6. The molecule has 3 aromatic heterocycles. The van der Waals surface area contributed by atoms with E-state index in [-0.39, 0.29) is 11.8 Å². The first-order chi connectivity index (χ1) is 11.4. The highest BCUT2D eigenvalue weighted by Crippen LogP contribution is 2.36. The molecule has 0 saturated heterocycles. The smallest absolute Gasteiger partial charge is 0.160 e. The summed E-state index contributed by atoms with van der Waals surface area (Å²) in [4.78, 5) is 9.39. The molecule has 0 bridgehead atoms. The van der Waals surface area contributed by atoms with Crippen LogP contribution in [0.5, 0.6) is 0 Å². The Bertz CT molecular complexity index is 891. The van der Waals surface area contributed by atoms with Crippen LogP contribution >= 0.6 is 22.9 Å². The highest BCUT2D eigenvalue weighted by atomic mass is 35.5. The fourth-order valence-corrected chi connectivity index (χ4v) is 3.60. The summed E-state index contributed by atoms with van der Waals surface area (Å²) in [5.74, 6) is 0.215. The topological polar surface area (TPSA) is 80.9 Å². The van der Waals surface area contributed by atoms with Crippen LogP contribution in [0.1, 0.15) is 25.7 Å². The van der Waals surface area contributed by atoms with E-state index in [0.717, 1.165) is 16.1 Å². The summed E-state index contributed by atoms with van der Waals surface area (Å²) in [5, 5.41) is 4.66. The maximum absolute atomic E-state index is 11.0. The predicted octanol–water partition coefficient (Wildman–Crippen LogP) is 4.02. The van der Waals surface area contributed by atoms with Crippen LogP contribution in [0, 0.1) is 0 Å². The van der Waals surface area contributed by atoms with E-state index in [4.69, 9.17) is 16.2 Å². The molecule has 3 aromatic rings. The number of rotatable bonds is 5. The Morgan fingerprint density at radius 1 is 1.38 bits per heavy atom. The van der Waals surface area contributed by atoms with Crippen LogP contribution in [-0.4, -0.2) is 28.5 Å². The van der Waals surface area contributed by atoms with E-state index < -0.39 is 11.1 Å². The number of hydrogen-bond donors (Lipinski definition) is 1. The van der Waals surface area contributed by atoms with Gasteiger partial charge in [-0.3, -0.25) is 4.68 Å². The highest BCUT2D eigenvalue weighted by Gasteiger charge is 2.18. The molecular weight excluding hydrogens is 368 g/mol. The van der Waals surface area contributed by atoms with Crippen molar-refractivity contribution in [2.75, 3.05) is 0 Å². The fraction of sp³-hybridized carbons (Fsp3) is 0.267. The quantitative estimate of drug-likeness (QED) is 0.674. The summed E-state index contributed by atoms with van der Waals surface area (Å²) in [6, 6.07) is 5.72. The van der Waals surface area contributed by atoms with E-state index >= 15 is 0 Å². The van der Waals surface area contributed by atoms with Crippen molar-refractivity contribution in [1.29, 1.82) is 0 Å². The van der Waals surface area contributed by atoms with Gasteiger partial charge in [-0.05, 0) is 32.0 Å². The number of aromatic nitrogens is 4. The third-order valence-corrected chi connectivity index (χ3v) is 5.04. The molecule has 24 heavy (non-hydrogen) atoms. The van der Waals surface area contributed by atoms with E-state index in [2.05, 4.69) is 15.1 Å². The lowest BCUT2D eigenvalue weighted by Crippen LogP contribution is -2.01. The minimum Gasteiger partial charge on any atom is -0.306 e. The molecule has 126 valence electrons. The molecule has 0 aromatic carbocycles. The Hall–Kier alpha value is -1.61. The molecule has 0 radical (unpaired) electrons. The second-order valence-corrected chi connectivity index (χ2v) is 8.04. The Labute approximate surface area is 150 Å². The third kappa shape index (κ3) is 3.72. The van der Waals surface area contributed by atoms with Crippen molar-refractivity contribution in [3.05, 3.63) is 40.8 Å². The second kappa shape index (κ2) is 7.10. The lowest BCUT2D eigenvalue weighted by molar-refractivity contribution is 0.534.